The van der Waals surface area contributed by atoms with Gasteiger partial charge in [-0.2, -0.15) is 0 Å². The summed E-state index contributed by atoms with van der Waals surface area (Å²) in [5.41, 5.74) is 0.759. The number of benzene rings is 1. The van der Waals surface area contributed by atoms with Crippen molar-refractivity contribution in [1.82, 2.24) is 10.4 Å². The molecule has 23 heavy (non-hydrogen) atoms. The number of amides is 2. The normalized spacial score (nSPS) is 22.5. The molecule has 1 saturated heterocycles. The summed E-state index contributed by atoms with van der Waals surface area (Å²) in [5.74, 6) is -2.48. The Morgan fingerprint density at radius 1 is 1.39 bits per heavy atom. The van der Waals surface area contributed by atoms with Crippen molar-refractivity contribution in [3.8, 4) is 0 Å². The van der Waals surface area contributed by atoms with E-state index in [1.54, 1.807) is 24.3 Å². The van der Waals surface area contributed by atoms with Crippen LogP contribution < -0.4 is 5.32 Å². The van der Waals surface area contributed by atoms with Gasteiger partial charge in [0.2, 0.25) is 5.91 Å². The van der Waals surface area contributed by atoms with Gasteiger partial charge in [0, 0.05) is 0 Å². The van der Waals surface area contributed by atoms with Crippen molar-refractivity contribution in [2.75, 3.05) is 6.61 Å². The summed E-state index contributed by atoms with van der Waals surface area (Å²) in [7, 11) is 0. The highest BCUT2D eigenvalue weighted by molar-refractivity contribution is 5.91. The van der Waals surface area contributed by atoms with Crippen LogP contribution in [0.25, 0.3) is 0 Å². The highest BCUT2D eigenvalue weighted by atomic mass is 16.7. The van der Waals surface area contributed by atoms with Gasteiger partial charge in [0.15, 0.2) is 6.04 Å². The molecule has 1 fully saturated rings. The van der Waals surface area contributed by atoms with E-state index in [1.165, 1.54) is 6.92 Å². The maximum Gasteiger partial charge on any atom is 0.328 e. The fourth-order valence-electron chi connectivity index (χ4n) is 2.18. The Labute approximate surface area is 132 Å². The molecule has 0 aromatic heterocycles. The zero-order chi connectivity index (χ0) is 17.0. The van der Waals surface area contributed by atoms with Crippen molar-refractivity contribution < 1.29 is 29.4 Å². The van der Waals surface area contributed by atoms with Crippen molar-refractivity contribution in [3.63, 3.8) is 0 Å². The molecule has 3 atom stereocenters. The SMILES string of the molecule is C[C@H](C(=O)O)N1OC[C@@H](O)[C@@H](NC(=O)Cc2ccccc2)C1=O. The van der Waals surface area contributed by atoms with Gasteiger partial charge >= 0.3 is 5.97 Å². The van der Waals surface area contributed by atoms with E-state index >= 15 is 0 Å². The molecule has 1 aromatic carbocycles. The maximum absolute atomic E-state index is 12.2. The number of carboxylic acid groups (broad SMARTS) is 1. The minimum absolute atomic E-state index is 0.0483. The third-order valence-corrected chi connectivity index (χ3v) is 3.49. The van der Waals surface area contributed by atoms with E-state index in [4.69, 9.17) is 9.94 Å². The van der Waals surface area contributed by atoms with Crippen LogP contribution in [0.5, 0.6) is 0 Å². The van der Waals surface area contributed by atoms with E-state index in [-0.39, 0.29) is 13.0 Å². The van der Waals surface area contributed by atoms with Gasteiger partial charge in [0.1, 0.15) is 18.8 Å². The fraction of sp³-hybridized carbons (Fsp3) is 0.400. The predicted molar refractivity (Wildman–Crippen MR) is 78.0 cm³/mol. The summed E-state index contributed by atoms with van der Waals surface area (Å²) in [6.07, 6.45) is -1.19. The highest BCUT2D eigenvalue weighted by Crippen LogP contribution is 2.14. The first kappa shape index (κ1) is 16.9. The molecule has 124 valence electrons. The van der Waals surface area contributed by atoms with Gasteiger partial charge in [-0.15, -0.1) is 0 Å². The molecule has 8 heteroatoms. The zero-order valence-electron chi connectivity index (χ0n) is 12.5. The average molecular weight is 322 g/mol. The van der Waals surface area contributed by atoms with E-state index in [0.29, 0.717) is 5.06 Å². The smallest absolute Gasteiger partial charge is 0.328 e. The van der Waals surface area contributed by atoms with Gasteiger partial charge in [-0.1, -0.05) is 30.3 Å². The first-order valence-corrected chi connectivity index (χ1v) is 7.10. The second-order valence-electron chi connectivity index (χ2n) is 5.25. The van der Waals surface area contributed by atoms with Crippen molar-refractivity contribution in [2.24, 2.45) is 0 Å². The summed E-state index contributed by atoms with van der Waals surface area (Å²) in [6.45, 7) is 1.00. The van der Waals surface area contributed by atoms with Gasteiger partial charge in [-0.3, -0.25) is 14.4 Å². The number of aliphatic hydroxyl groups is 1. The first-order valence-electron chi connectivity index (χ1n) is 7.10. The molecule has 1 aromatic rings. The maximum atomic E-state index is 12.2. The Balaban J connectivity index is 2.03. The number of hydrogen-bond acceptors (Lipinski definition) is 5. The summed E-state index contributed by atoms with van der Waals surface area (Å²) in [4.78, 5) is 40.2. The van der Waals surface area contributed by atoms with Crippen LogP contribution in [0.3, 0.4) is 0 Å². The van der Waals surface area contributed by atoms with Crippen LogP contribution in [0.15, 0.2) is 30.3 Å². The van der Waals surface area contributed by atoms with Crippen molar-refractivity contribution in [2.45, 2.75) is 31.5 Å². The molecule has 1 aliphatic rings. The van der Waals surface area contributed by atoms with E-state index < -0.39 is 36.0 Å². The third-order valence-electron chi connectivity index (χ3n) is 3.49. The van der Waals surface area contributed by atoms with Gasteiger partial charge < -0.3 is 15.5 Å². The number of hydrogen-bond donors (Lipinski definition) is 3. The van der Waals surface area contributed by atoms with E-state index in [9.17, 15) is 19.5 Å². The van der Waals surface area contributed by atoms with Crippen LogP contribution in [0.1, 0.15) is 12.5 Å². The van der Waals surface area contributed by atoms with Crippen molar-refractivity contribution >= 4 is 17.8 Å². The van der Waals surface area contributed by atoms with Crippen molar-refractivity contribution in [3.05, 3.63) is 35.9 Å². The van der Waals surface area contributed by atoms with Crippen LogP contribution in [0.2, 0.25) is 0 Å². The topological polar surface area (TPSA) is 116 Å². The first-order chi connectivity index (χ1) is 10.9. The zero-order valence-corrected chi connectivity index (χ0v) is 12.5. The number of rotatable bonds is 5. The Kier molecular flexibility index (Phi) is 5.30. The number of aliphatic hydroxyl groups excluding tert-OH is 1. The summed E-state index contributed by atoms with van der Waals surface area (Å²) in [6, 6.07) is 6.46. The lowest BCUT2D eigenvalue weighted by Crippen LogP contribution is -2.62. The van der Waals surface area contributed by atoms with Crippen LogP contribution in [-0.4, -0.2) is 57.9 Å². The third kappa shape index (κ3) is 4.05. The number of hydroxylamine groups is 2. The molecule has 0 saturated carbocycles. The fourth-order valence-corrected chi connectivity index (χ4v) is 2.18. The lowest BCUT2D eigenvalue weighted by Gasteiger charge is -2.36. The van der Waals surface area contributed by atoms with Crippen molar-refractivity contribution in [1.29, 1.82) is 0 Å². The molecule has 8 nitrogen and oxygen atoms in total. The molecule has 0 bridgehead atoms. The average Bonchev–Trinajstić information content (AvgIpc) is 2.52. The van der Waals surface area contributed by atoms with Crippen LogP contribution in [-0.2, 0) is 25.6 Å². The molecule has 2 rings (SSSR count). The van der Waals surface area contributed by atoms with Gasteiger partial charge in [0.05, 0.1) is 6.42 Å². The summed E-state index contributed by atoms with van der Waals surface area (Å²) in [5, 5.41) is 21.9. The van der Waals surface area contributed by atoms with Gasteiger partial charge in [-0.05, 0) is 12.5 Å². The number of carboxylic acids is 1. The van der Waals surface area contributed by atoms with Crippen LogP contribution in [0, 0.1) is 0 Å². The molecule has 0 aliphatic carbocycles. The number of nitrogens with zero attached hydrogens (tertiary/aromatic N) is 1. The molecular weight excluding hydrogens is 304 g/mol. The van der Waals surface area contributed by atoms with E-state index in [0.717, 1.165) is 5.56 Å². The van der Waals surface area contributed by atoms with Crippen LogP contribution in [0.4, 0.5) is 0 Å². The van der Waals surface area contributed by atoms with E-state index in [1.807, 2.05) is 6.07 Å². The quantitative estimate of drug-likeness (QED) is 0.661. The number of carbonyl (C=O) groups excluding carboxylic acids is 2. The molecule has 0 spiro atoms. The second-order valence-corrected chi connectivity index (χ2v) is 5.25. The second kappa shape index (κ2) is 7.21. The Morgan fingerprint density at radius 3 is 2.65 bits per heavy atom. The Hall–Kier alpha value is -2.45. The largest absolute Gasteiger partial charge is 0.480 e. The van der Waals surface area contributed by atoms with Gasteiger partial charge in [0.25, 0.3) is 5.91 Å². The molecular formula is C15H18N2O6. The predicted octanol–water partition coefficient (Wildman–Crippen LogP) is -0.678. The highest BCUT2D eigenvalue weighted by Gasteiger charge is 2.41. The Bertz CT molecular complexity index is 591. The number of aliphatic carboxylic acids is 1. The number of nitrogens with one attached hydrogen (secondary N) is 1. The monoisotopic (exact) mass is 322 g/mol. The number of carbonyl (C=O) groups is 3. The molecule has 0 unspecified atom stereocenters. The molecule has 1 aliphatic heterocycles. The minimum atomic E-state index is -1.25. The lowest BCUT2D eigenvalue weighted by molar-refractivity contribution is -0.233. The minimum Gasteiger partial charge on any atom is -0.480 e. The molecule has 3 N–H and O–H groups in total. The molecule has 1 heterocycles. The molecule has 0 radical (unpaired) electrons. The summed E-state index contributed by atoms with van der Waals surface area (Å²) < 4.78 is 0. The summed E-state index contributed by atoms with van der Waals surface area (Å²) >= 11 is 0. The van der Waals surface area contributed by atoms with Gasteiger partial charge in [-0.25, -0.2) is 9.86 Å². The molecule has 2 amide bonds. The lowest BCUT2D eigenvalue weighted by atomic mass is 10.1. The van der Waals surface area contributed by atoms with E-state index in [2.05, 4.69) is 5.32 Å². The van der Waals surface area contributed by atoms with Crippen LogP contribution >= 0.6 is 0 Å². The standard InChI is InChI=1S/C15H18N2O6/c1-9(15(21)22)17-14(20)13(11(18)8-23-17)16-12(19)7-10-5-3-2-4-6-10/h2-6,9,11,13,18H,7-8H2,1H3,(H,16,19)(H,21,22)/t9-,11-,13-/m1/s1. The Morgan fingerprint density at radius 2 is 2.04 bits per heavy atom.